The Morgan fingerprint density at radius 3 is 2.39 bits per heavy atom. The van der Waals surface area contributed by atoms with Gasteiger partial charge in [0.05, 0.1) is 13.0 Å². The van der Waals surface area contributed by atoms with E-state index in [1.165, 1.54) is 24.3 Å². The molecule has 0 saturated heterocycles. The highest BCUT2D eigenvalue weighted by molar-refractivity contribution is 5.76. The Balaban J connectivity index is 2.21. The van der Waals surface area contributed by atoms with E-state index in [1.807, 2.05) is 0 Å². The second kappa shape index (κ2) is 6.23. The Bertz CT molecular complexity index is 389. The lowest BCUT2D eigenvalue weighted by molar-refractivity contribution is -0.138. The predicted molar refractivity (Wildman–Crippen MR) is 55.6 cm³/mol. The first kappa shape index (κ1) is 14.3. The van der Waals surface area contributed by atoms with Crippen LogP contribution in [-0.2, 0) is 4.79 Å². The molecule has 0 aliphatic heterocycles. The summed E-state index contributed by atoms with van der Waals surface area (Å²) in [7, 11) is 0. The first-order valence-electron chi connectivity index (χ1n) is 5.08. The molecule has 1 amide bonds. The van der Waals surface area contributed by atoms with E-state index in [0.717, 1.165) is 0 Å². The number of ether oxygens (including phenoxy) is 1. The number of amides is 1. The topological polar surface area (TPSA) is 38.3 Å². The molecule has 1 aromatic carbocycles. The molecule has 0 unspecified atom stereocenters. The zero-order valence-electron chi connectivity index (χ0n) is 9.26. The zero-order chi connectivity index (χ0) is 13.6. The summed E-state index contributed by atoms with van der Waals surface area (Å²) in [5, 5.41) is 1.71. The maximum absolute atomic E-state index is 12.5. The van der Waals surface area contributed by atoms with Crippen molar-refractivity contribution in [2.24, 2.45) is 0 Å². The Hall–Kier alpha value is -1.79. The minimum absolute atomic E-state index is 0.0741. The van der Waals surface area contributed by atoms with Gasteiger partial charge < -0.3 is 10.1 Å². The van der Waals surface area contributed by atoms with E-state index >= 15 is 0 Å². The monoisotopic (exact) mass is 265 g/mol. The third kappa shape index (κ3) is 6.07. The molecule has 3 nitrogen and oxygen atoms in total. The molecule has 0 atom stereocenters. The molecule has 0 aliphatic rings. The number of carbonyl (C=O) groups excluding carboxylic acids is 1. The van der Waals surface area contributed by atoms with Crippen molar-refractivity contribution in [2.45, 2.75) is 12.6 Å². The van der Waals surface area contributed by atoms with Gasteiger partial charge in [0.2, 0.25) is 5.91 Å². The van der Waals surface area contributed by atoms with Gasteiger partial charge in [-0.05, 0) is 24.3 Å². The average Bonchev–Trinajstić information content (AvgIpc) is 2.28. The lowest BCUT2D eigenvalue weighted by Crippen LogP contribution is -2.34. The SMILES string of the molecule is O=C(CCOc1ccc(F)cc1)NCC(F)(F)F. The lowest BCUT2D eigenvalue weighted by Gasteiger charge is -2.09. The summed E-state index contributed by atoms with van der Waals surface area (Å²) >= 11 is 0. The van der Waals surface area contributed by atoms with Gasteiger partial charge in [-0.2, -0.15) is 13.2 Å². The van der Waals surface area contributed by atoms with E-state index in [1.54, 1.807) is 5.32 Å². The molecule has 0 bridgehead atoms. The van der Waals surface area contributed by atoms with Gasteiger partial charge in [-0.15, -0.1) is 0 Å². The van der Waals surface area contributed by atoms with Crippen LogP contribution in [0.15, 0.2) is 24.3 Å². The largest absolute Gasteiger partial charge is 0.493 e. The van der Waals surface area contributed by atoms with E-state index in [0.29, 0.717) is 5.75 Å². The minimum atomic E-state index is -4.42. The summed E-state index contributed by atoms with van der Waals surface area (Å²) in [4.78, 5) is 11.0. The molecular weight excluding hydrogens is 254 g/mol. The summed E-state index contributed by atoms with van der Waals surface area (Å²) in [6, 6.07) is 5.09. The summed E-state index contributed by atoms with van der Waals surface area (Å²) in [6.45, 7) is -1.43. The molecule has 18 heavy (non-hydrogen) atoms. The number of rotatable bonds is 5. The van der Waals surface area contributed by atoms with E-state index in [2.05, 4.69) is 0 Å². The molecule has 0 spiro atoms. The van der Waals surface area contributed by atoms with E-state index in [9.17, 15) is 22.4 Å². The van der Waals surface area contributed by atoms with Gasteiger partial charge in [0.15, 0.2) is 0 Å². The summed E-state index contributed by atoms with van der Waals surface area (Å²) in [6.07, 6.45) is -4.62. The third-order valence-corrected chi connectivity index (χ3v) is 1.90. The second-order valence-corrected chi connectivity index (χ2v) is 3.44. The van der Waals surface area contributed by atoms with Crippen molar-refractivity contribution < 1.29 is 27.1 Å². The first-order valence-corrected chi connectivity index (χ1v) is 5.08. The number of alkyl halides is 3. The number of hydrogen-bond acceptors (Lipinski definition) is 2. The summed E-state index contributed by atoms with van der Waals surface area (Å²) in [5.41, 5.74) is 0. The molecule has 0 aromatic heterocycles. The van der Waals surface area contributed by atoms with Crippen LogP contribution in [0, 0.1) is 5.82 Å². The fraction of sp³-hybridized carbons (Fsp3) is 0.364. The predicted octanol–water partition coefficient (Wildman–Crippen LogP) is 2.27. The fourth-order valence-corrected chi connectivity index (χ4v) is 1.08. The van der Waals surface area contributed by atoms with Gasteiger partial charge in [0.25, 0.3) is 0 Å². The van der Waals surface area contributed by atoms with Crippen molar-refractivity contribution in [3.63, 3.8) is 0 Å². The van der Waals surface area contributed by atoms with Crippen molar-refractivity contribution in [3.05, 3.63) is 30.1 Å². The van der Waals surface area contributed by atoms with Crippen LogP contribution in [0.4, 0.5) is 17.6 Å². The number of hydrogen-bond donors (Lipinski definition) is 1. The smallest absolute Gasteiger partial charge is 0.405 e. The number of halogens is 4. The highest BCUT2D eigenvalue weighted by Crippen LogP contribution is 2.13. The molecule has 100 valence electrons. The van der Waals surface area contributed by atoms with Crippen molar-refractivity contribution in [3.8, 4) is 5.75 Å². The number of carbonyl (C=O) groups is 1. The van der Waals surface area contributed by atoms with E-state index in [4.69, 9.17) is 4.74 Å². The van der Waals surface area contributed by atoms with Crippen LogP contribution < -0.4 is 10.1 Å². The molecule has 1 N–H and O–H groups in total. The van der Waals surface area contributed by atoms with Gasteiger partial charge in [0.1, 0.15) is 18.1 Å². The van der Waals surface area contributed by atoms with Gasteiger partial charge in [-0.25, -0.2) is 4.39 Å². The molecule has 0 saturated carbocycles. The zero-order valence-corrected chi connectivity index (χ0v) is 9.26. The Kier molecular flexibility index (Phi) is 4.94. The molecule has 0 aliphatic carbocycles. The van der Waals surface area contributed by atoms with Crippen LogP contribution in [0.2, 0.25) is 0 Å². The molecule has 7 heteroatoms. The first-order chi connectivity index (χ1) is 8.37. The fourth-order valence-electron chi connectivity index (χ4n) is 1.08. The highest BCUT2D eigenvalue weighted by atomic mass is 19.4. The molecule has 1 aromatic rings. The minimum Gasteiger partial charge on any atom is -0.493 e. The van der Waals surface area contributed by atoms with Crippen molar-refractivity contribution in [1.82, 2.24) is 5.32 Å². The normalized spacial score (nSPS) is 11.1. The maximum atomic E-state index is 12.5. The van der Waals surface area contributed by atoms with Crippen molar-refractivity contribution in [1.29, 1.82) is 0 Å². The molecule has 1 rings (SSSR count). The maximum Gasteiger partial charge on any atom is 0.405 e. The summed E-state index contributed by atoms with van der Waals surface area (Å²) in [5.74, 6) is -0.834. The van der Waals surface area contributed by atoms with E-state index < -0.39 is 24.4 Å². The Morgan fingerprint density at radius 1 is 1.22 bits per heavy atom. The number of benzene rings is 1. The average molecular weight is 265 g/mol. The van der Waals surface area contributed by atoms with Gasteiger partial charge in [-0.3, -0.25) is 4.79 Å². The van der Waals surface area contributed by atoms with Crippen LogP contribution in [0.5, 0.6) is 5.75 Å². The van der Waals surface area contributed by atoms with E-state index in [-0.39, 0.29) is 13.0 Å². The lowest BCUT2D eigenvalue weighted by atomic mass is 10.3. The highest BCUT2D eigenvalue weighted by Gasteiger charge is 2.27. The van der Waals surface area contributed by atoms with Crippen molar-refractivity contribution in [2.75, 3.05) is 13.2 Å². The standard InChI is InChI=1S/C11H11F4NO2/c12-8-1-3-9(4-2-8)18-6-5-10(17)16-7-11(13,14)15/h1-4H,5-7H2,(H,16,17). The van der Waals surface area contributed by atoms with Crippen LogP contribution in [-0.4, -0.2) is 25.2 Å². The quantitative estimate of drug-likeness (QED) is 0.829. The van der Waals surface area contributed by atoms with Gasteiger partial charge >= 0.3 is 6.18 Å². The second-order valence-electron chi connectivity index (χ2n) is 3.44. The molecule has 0 fully saturated rings. The van der Waals surface area contributed by atoms with Gasteiger partial charge in [0, 0.05) is 0 Å². The van der Waals surface area contributed by atoms with Gasteiger partial charge in [-0.1, -0.05) is 0 Å². The molecule has 0 heterocycles. The van der Waals surface area contributed by atoms with Crippen molar-refractivity contribution >= 4 is 5.91 Å². The Labute approximate surface area is 101 Å². The summed E-state index contributed by atoms with van der Waals surface area (Å²) < 4.78 is 52.9. The third-order valence-electron chi connectivity index (χ3n) is 1.90. The Morgan fingerprint density at radius 2 is 1.83 bits per heavy atom. The molecule has 0 radical (unpaired) electrons. The van der Waals surface area contributed by atoms with Crippen LogP contribution in [0.25, 0.3) is 0 Å². The van der Waals surface area contributed by atoms with Crippen LogP contribution in [0.1, 0.15) is 6.42 Å². The molecular formula is C11H11F4NO2. The van der Waals surface area contributed by atoms with Crippen LogP contribution in [0.3, 0.4) is 0 Å². The van der Waals surface area contributed by atoms with Crippen LogP contribution >= 0.6 is 0 Å². The number of nitrogens with one attached hydrogen (secondary N) is 1.